The Labute approximate surface area is 196 Å². The Balaban J connectivity index is 1.85. The highest BCUT2D eigenvalue weighted by atomic mass is 35.5. The minimum absolute atomic E-state index is 0.0274. The van der Waals surface area contributed by atoms with E-state index in [-0.39, 0.29) is 10.5 Å². The van der Waals surface area contributed by atoms with Crippen LogP contribution in [-0.4, -0.2) is 35.5 Å². The number of sulfonamides is 1. The summed E-state index contributed by atoms with van der Waals surface area (Å²) < 4.78 is 28.6. The summed E-state index contributed by atoms with van der Waals surface area (Å²) >= 11 is 12.4. The number of carbonyl (C=O) groups excluding carboxylic acids is 1. The molecule has 1 N–H and O–H groups in total. The van der Waals surface area contributed by atoms with E-state index in [0.717, 1.165) is 10.00 Å². The average molecular weight is 491 g/mol. The molecule has 1 aliphatic rings. The minimum atomic E-state index is -4.06. The van der Waals surface area contributed by atoms with Crippen LogP contribution in [0.15, 0.2) is 70.8 Å². The Morgan fingerprint density at radius 1 is 1.06 bits per heavy atom. The van der Waals surface area contributed by atoms with E-state index in [4.69, 9.17) is 23.2 Å². The number of anilines is 1. The molecule has 7 nitrogen and oxygen atoms in total. The molecule has 0 saturated heterocycles. The lowest BCUT2D eigenvalue weighted by Crippen LogP contribution is -2.39. The SMILES string of the molecule is CC1=C(C(=O)N(C)S(=O)(=O)c2ccccc2)C(c2ccc(Cl)c(Cl)c2)n2nc(C)cc2N1. The number of aromatic nitrogens is 2. The van der Waals surface area contributed by atoms with E-state index < -0.39 is 22.0 Å². The molecule has 166 valence electrons. The standard InChI is InChI=1S/C22H20Cl2N4O3S/c1-13-11-19-25-14(2)20(21(28(19)26-13)15-9-10-17(23)18(24)12-15)22(29)27(3)32(30,31)16-7-5-4-6-8-16/h4-12,21,25H,1-3H3. The van der Waals surface area contributed by atoms with Crippen molar-refractivity contribution in [3.63, 3.8) is 0 Å². The van der Waals surface area contributed by atoms with Gasteiger partial charge in [-0.05, 0) is 43.7 Å². The summed E-state index contributed by atoms with van der Waals surface area (Å²) in [5.74, 6) is 0.00919. The zero-order valence-electron chi connectivity index (χ0n) is 17.5. The van der Waals surface area contributed by atoms with Crippen LogP contribution in [0.25, 0.3) is 0 Å². The van der Waals surface area contributed by atoms with Crippen LogP contribution in [0.4, 0.5) is 5.82 Å². The summed E-state index contributed by atoms with van der Waals surface area (Å²) in [5.41, 5.74) is 2.15. The lowest BCUT2D eigenvalue weighted by molar-refractivity contribution is -0.122. The molecule has 10 heteroatoms. The molecule has 1 unspecified atom stereocenters. The molecule has 0 aliphatic carbocycles. The zero-order valence-corrected chi connectivity index (χ0v) is 19.8. The average Bonchev–Trinajstić information content (AvgIpc) is 3.13. The molecule has 2 aromatic carbocycles. The van der Waals surface area contributed by atoms with E-state index in [2.05, 4.69) is 10.4 Å². The third kappa shape index (κ3) is 3.79. The summed E-state index contributed by atoms with van der Waals surface area (Å²) in [6, 6.07) is 14.0. The maximum atomic E-state index is 13.6. The van der Waals surface area contributed by atoms with Crippen molar-refractivity contribution in [1.82, 2.24) is 14.1 Å². The topological polar surface area (TPSA) is 84.3 Å². The van der Waals surface area contributed by atoms with Crippen molar-refractivity contribution >= 4 is 45.0 Å². The van der Waals surface area contributed by atoms with Gasteiger partial charge in [-0.3, -0.25) is 4.79 Å². The van der Waals surface area contributed by atoms with Gasteiger partial charge in [0.2, 0.25) is 0 Å². The Hall–Kier alpha value is -2.81. The Kier molecular flexibility index (Phi) is 5.79. The molecule has 0 bridgehead atoms. The first-order valence-electron chi connectivity index (χ1n) is 9.68. The van der Waals surface area contributed by atoms with Crippen molar-refractivity contribution in [2.75, 3.05) is 12.4 Å². The van der Waals surface area contributed by atoms with Crippen molar-refractivity contribution in [2.24, 2.45) is 0 Å². The van der Waals surface area contributed by atoms with Crippen LogP contribution in [0.2, 0.25) is 10.0 Å². The van der Waals surface area contributed by atoms with Gasteiger partial charge >= 0.3 is 0 Å². The molecular weight excluding hydrogens is 471 g/mol. The van der Waals surface area contributed by atoms with Crippen LogP contribution in [0.1, 0.15) is 24.2 Å². The molecule has 0 spiro atoms. The summed E-state index contributed by atoms with van der Waals surface area (Å²) in [4.78, 5) is 13.7. The van der Waals surface area contributed by atoms with Gasteiger partial charge in [-0.1, -0.05) is 47.5 Å². The van der Waals surface area contributed by atoms with Crippen molar-refractivity contribution in [3.05, 3.63) is 87.2 Å². The first-order valence-corrected chi connectivity index (χ1v) is 11.9. The first-order chi connectivity index (χ1) is 15.1. The summed E-state index contributed by atoms with van der Waals surface area (Å²) in [7, 11) is -2.81. The van der Waals surface area contributed by atoms with Crippen LogP contribution < -0.4 is 5.32 Å². The predicted octanol–water partition coefficient (Wildman–Crippen LogP) is 4.63. The van der Waals surface area contributed by atoms with Crippen LogP contribution in [0.5, 0.6) is 0 Å². The van der Waals surface area contributed by atoms with E-state index in [9.17, 15) is 13.2 Å². The lowest BCUT2D eigenvalue weighted by atomic mass is 9.95. The first kappa shape index (κ1) is 22.4. The second kappa shape index (κ2) is 8.27. The fourth-order valence-electron chi connectivity index (χ4n) is 3.69. The number of amides is 1. The maximum Gasteiger partial charge on any atom is 0.267 e. The largest absolute Gasteiger partial charge is 0.344 e. The molecule has 4 rings (SSSR count). The quantitative estimate of drug-likeness (QED) is 0.575. The number of allylic oxidation sites excluding steroid dienone is 1. The van der Waals surface area contributed by atoms with Crippen molar-refractivity contribution < 1.29 is 13.2 Å². The van der Waals surface area contributed by atoms with Gasteiger partial charge in [0, 0.05) is 18.8 Å². The highest BCUT2D eigenvalue weighted by Gasteiger charge is 2.38. The number of nitrogens with zero attached hydrogens (tertiary/aromatic N) is 3. The highest BCUT2D eigenvalue weighted by Crippen LogP contribution is 2.39. The number of likely N-dealkylation sites (N-methyl/N-ethyl adjacent to an activating group) is 1. The Bertz CT molecular complexity index is 1350. The zero-order chi connectivity index (χ0) is 23.2. The summed E-state index contributed by atoms with van der Waals surface area (Å²) in [6.07, 6.45) is 0. The second-order valence-corrected chi connectivity index (χ2v) is 10.2. The number of fused-ring (bicyclic) bond motifs is 1. The van der Waals surface area contributed by atoms with Crippen LogP contribution in [0, 0.1) is 6.92 Å². The van der Waals surface area contributed by atoms with Gasteiger partial charge in [0.25, 0.3) is 15.9 Å². The maximum absolute atomic E-state index is 13.6. The van der Waals surface area contributed by atoms with Crippen molar-refractivity contribution in [1.29, 1.82) is 0 Å². The van der Waals surface area contributed by atoms with Gasteiger partial charge in [-0.15, -0.1) is 0 Å². The lowest BCUT2D eigenvalue weighted by Gasteiger charge is -2.31. The number of hydrogen-bond donors (Lipinski definition) is 1. The number of benzene rings is 2. The van der Waals surface area contributed by atoms with E-state index in [1.807, 2.05) is 13.0 Å². The Morgan fingerprint density at radius 3 is 2.41 bits per heavy atom. The van der Waals surface area contributed by atoms with Crippen molar-refractivity contribution in [3.8, 4) is 0 Å². The molecule has 1 amide bonds. The van der Waals surface area contributed by atoms with E-state index in [0.29, 0.717) is 27.1 Å². The summed E-state index contributed by atoms with van der Waals surface area (Å²) in [6.45, 7) is 3.56. The third-order valence-electron chi connectivity index (χ3n) is 5.27. The van der Waals surface area contributed by atoms with Gasteiger partial charge in [0.05, 0.1) is 26.2 Å². The second-order valence-electron chi connectivity index (χ2n) is 7.45. The third-order valence-corrected chi connectivity index (χ3v) is 7.77. The molecule has 1 aromatic heterocycles. The van der Waals surface area contributed by atoms with Crippen LogP contribution in [0.3, 0.4) is 0 Å². The number of hydrogen-bond acceptors (Lipinski definition) is 5. The number of carbonyl (C=O) groups is 1. The predicted molar refractivity (Wildman–Crippen MR) is 124 cm³/mol. The Morgan fingerprint density at radius 2 is 1.75 bits per heavy atom. The molecule has 1 atom stereocenters. The number of halogens is 2. The van der Waals surface area contributed by atoms with Gasteiger partial charge in [0.1, 0.15) is 11.9 Å². The van der Waals surface area contributed by atoms with Gasteiger partial charge < -0.3 is 5.32 Å². The number of rotatable bonds is 4. The molecule has 1 aliphatic heterocycles. The van der Waals surface area contributed by atoms with E-state index in [1.165, 1.54) is 19.2 Å². The molecule has 0 saturated carbocycles. The summed E-state index contributed by atoms with van der Waals surface area (Å²) in [5, 5.41) is 8.39. The molecule has 32 heavy (non-hydrogen) atoms. The van der Waals surface area contributed by atoms with Gasteiger partial charge in [-0.2, -0.15) is 5.10 Å². The molecule has 0 radical (unpaired) electrons. The minimum Gasteiger partial charge on any atom is -0.344 e. The molecule has 0 fully saturated rings. The molecule has 2 heterocycles. The smallest absolute Gasteiger partial charge is 0.267 e. The van der Waals surface area contributed by atoms with Crippen LogP contribution in [-0.2, 0) is 14.8 Å². The van der Waals surface area contributed by atoms with Crippen LogP contribution >= 0.6 is 23.2 Å². The van der Waals surface area contributed by atoms with Gasteiger partial charge in [0.15, 0.2) is 0 Å². The fourth-order valence-corrected chi connectivity index (χ4v) is 5.13. The molecule has 3 aromatic rings. The van der Waals surface area contributed by atoms with E-state index >= 15 is 0 Å². The normalized spacial score (nSPS) is 15.8. The fraction of sp³-hybridized carbons (Fsp3) is 0.182. The number of nitrogens with one attached hydrogen (secondary N) is 1. The highest BCUT2D eigenvalue weighted by molar-refractivity contribution is 7.89. The van der Waals surface area contributed by atoms with Crippen molar-refractivity contribution in [2.45, 2.75) is 24.8 Å². The monoisotopic (exact) mass is 490 g/mol. The van der Waals surface area contributed by atoms with E-state index in [1.54, 1.807) is 48.0 Å². The molecular formula is C22H20Cl2N4O3S. The van der Waals surface area contributed by atoms with Gasteiger partial charge in [-0.25, -0.2) is 17.4 Å². The number of aryl methyl sites for hydroxylation is 1.